The van der Waals surface area contributed by atoms with E-state index >= 15 is 0 Å². The second-order valence-corrected chi connectivity index (χ2v) is 5.51. The summed E-state index contributed by atoms with van der Waals surface area (Å²) in [5.74, 6) is 1.38. The molecular formula is C15H19FN6. The quantitative estimate of drug-likeness (QED) is 0.830. The topological polar surface area (TPSA) is 58.0 Å². The van der Waals surface area contributed by atoms with Crippen LogP contribution in [0.5, 0.6) is 0 Å². The maximum atomic E-state index is 13.8. The number of alkyl halides is 1. The van der Waals surface area contributed by atoms with Crippen molar-refractivity contribution < 1.29 is 4.39 Å². The minimum absolute atomic E-state index is 0.104. The lowest BCUT2D eigenvalue weighted by Gasteiger charge is -2.27. The van der Waals surface area contributed by atoms with E-state index in [1.165, 1.54) is 0 Å². The molecule has 2 aromatic rings. The van der Waals surface area contributed by atoms with Crippen LogP contribution in [0.1, 0.15) is 12.2 Å². The number of anilines is 1. The largest absolute Gasteiger partial charge is 0.342 e. The molecule has 116 valence electrons. The van der Waals surface area contributed by atoms with Crippen LogP contribution in [-0.4, -0.2) is 57.2 Å². The normalized spacial score (nSPS) is 21.9. The fraction of sp³-hybridized carbons (Fsp3) is 0.467. The number of halogens is 1. The summed E-state index contributed by atoms with van der Waals surface area (Å²) in [7, 11) is 1.93. The predicted octanol–water partition coefficient (Wildman–Crippen LogP) is 1.32. The number of likely N-dealkylation sites (tertiary alicyclic amines) is 1. The second kappa shape index (κ2) is 6.74. The van der Waals surface area contributed by atoms with Gasteiger partial charge in [0.2, 0.25) is 5.95 Å². The van der Waals surface area contributed by atoms with E-state index in [1.54, 1.807) is 36.9 Å². The van der Waals surface area contributed by atoms with E-state index in [9.17, 15) is 4.39 Å². The zero-order valence-electron chi connectivity index (χ0n) is 12.5. The van der Waals surface area contributed by atoms with Crippen molar-refractivity contribution in [3.8, 4) is 0 Å². The molecule has 0 spiro atoms. The van der Waals surface area contributed by atoms with Crippen LogP contribution in [0.4, 0.5) is 10.3 Å². The minimum Gasteiger partial charge on any atom is -0.342 e. The predicted molar refractivity (Wildman–Crippen MR) is 81.0 cm³/mol. The Morgan fingerprint density at radius 3 is 2.45 bits per heavy atom. The summed E-state index contributed by atoms with van der Waals surface area (Å²) in [6.45, 7) is 1.67. The third-order valence-corrected chi connectivity index (χ3v) is 3.82. The zero-order chi connectivity index (χ0) is 15.4. The molecule has 3 rings (SSSR count). The van der Waals surface area contributed by atoms with Crippen LogP contribution in [0.2, 0.25) is 0 Å². The number of likely N-dealkylation sites (N-methyl/N-ethyl adjacent to an activating group) is 1. The molecule has 0 N–H and O–H groups in total. The molecular weight excluding hydrogens is 283 g/mol. The molecule has 0 aromatic carbocycles. The molecule has 2 aromatic heterocycles. The second-order valence-electron chi connectivity index (χ2n) is 5.51. The summed E-state index contributed by atoms with van der Waals surface area (Å²) in [6, 6.07) is 3.67. The molecule has 1 saturated heterocycles. The third-order valence-electron chi connectivity index (χ3n) is 3.82. The van der Waals surface area contributed by atoms with Gasteiger partial charge in [-0.05, 0) is 18.6 Å². The number of hydrogen-bond acceptors (Lipinski definition) is 6. The van der Waals surface area contributed by atoms with Crippen LogP contribution in [0, 0.1) is 0 Å². The summed E-state index contributed by atoms with van der Waals surface area (Å²) in [5, 5.41) is 0. The molecule has 0 radical (unpaired) electrons. The smallest absolute Gasteiger partial charge is 0.225 e. The monoisotopic (exact) mass is 302 g/mol. The molecule has 0 amide bonds. The van der Waals surface area contributed by atoms with E-state index in [0.717, 1.165) is 5.82 Å². The Balaban J connectivity index is 1.66. The highest BCUT2D eigenvalue weighted by Gasteiger charge is 2.33. The summed E-state index contributed by atoms with van der Waals surface area (Å²) < 4.78 is 13.8. The minimum atomic E-state index is -0.807. The van der Waals surface area contributed by atoms with Gasteiger partial charge in [-0.15, -0.1) is 0 Å². The first kappa shape index (κ1) is 14.8. The first-order valence-electron chi connectivity index (χ1n) is 7.34. The molecule has 6 nitrogen and oxygen atoms in total. The summed E-state index contributed by atoms with van der Waals surface area (Å²) >= 11 is 0. The van der Waals surface area contributed by atoms with Gasteiger partial charge in [0, 0.05) is 51.0 Å². The van der Waals surface area contributed by atoms with Gasteiger partial charge < -0.3 is 4.90 Å². The highest BCUT2D eigenvalue weighted by molar-refractivity contribution is 5.27. The van der Waals surface area contributed by atoms with E-state index < -0.39 is 6.17 Å². The van der Waals surface area contributed by atoms with Gasteiger partial charge in [0.25, 0.3) is 0 Å². The maximum absolute atomic E-state index is 13.8. The van der Waals surface area contributed by atoms with Crippen molar-refractivity contribution in [3.05, 3.63) is 42.7 Å². The molecule has 0 bridgehead atoms. The van der Waals surface area contributed by atoms with E-state index in [4.69, 9.17) is 0 Å². The standard InChI is InChI=1S/C15H19FN6/c1-21(15-19-6-3-7-20-15)10-13-8-12(16)9-22(13)11-14-17-4-2-5-18-14/h2-7,12-13H,8-11H2,1H3/t12-,13-/m0/s1. The SMILES string of the molecule is CN(C[C@@H]1C[C@H](F)CN1Cc1ncccn1)c1ncccn1. The van der Waals surface area contributed by atoms with Crippen LogP contribution in [0.3, 0.4) is 0 Å². The van der Waals surface area contributed by atoms with Gasteiger partial charge >= 0.3 is 0 Å². The summed E-state index contributed by atoms with van der Waals surface area (Å²) in [4.78, 5) is 21.0. The zero-order valence-corrected chi connectivity index (χ0v) is 12.5. The highest BCUT2D eigenvalue weighted by Crippen LogP contribution is 2.23. The lowest BCUT2D eigenvalue weighted by atomic mass is 10.2. The molecule has 1 aliphatic heterocycles. The van der Waals surface area contributed by atoms with Crippen molar-refractivity contribution in [2.45, 2.75) is 25.2 Å². The Hall–Kier alpha value is -2.15. The molecule has 22 heavy (non-hydrogen) atoms. The summed E-state index contributed by atoms with van der Waals surface area (Å²) in [6.07, 6.45) is 6.56. The van der Waals surface area contributed by atoms with Crippen LogP contribution < -0.4 is 4.90 Å². The Labute approximate surface area is 129 Å². The molecule has 0 saturated carbocycles. The van der Waals surface area contributed by atoms with Crippen molar-refractivity contribution in [2.75, 3.05) is 25.0 Å². The van der Waals surface area contributed by atoms with Gasteiger partial charge in [0.05, 0.1) is 6.54 Å². The van der Waals surface area contributed by atoms with Crippen LogP contribution in [0.15, 0.2) is 36.9 Å². The van der Waals surface area contributed by atoms with E-state index in [1.807, 2.05) is 11.9 Å². The number of aromatic nitrogens is 4. The maximum Gasteiger partial charge on any atom is 0.225 e. The summed E-state index contributed by atoms with van der Waals surface area (Å²) in [5.41, 5.74) is 0. The Bertz CT molecular complexity index is 581. The molecule has 3 heterocycles. The fourth-order valence-electron chi connectivity index (χ4n) is 2.79. The highest BCUT2D eigenvalue weighted by atomic mass is 19.1. The van der Waals surface area contributed by atoms with E-state index in [2.05, 4.69) is 24.8 Å². The third kappa shape index (κ3) is 3.54. The van der Waals surface area contributed by atoms with Gasteiger partial charge in [-0.1, -0.05) is 0 Å². The molecule has 1 aliphatic rings. The van der Waals surface area contributed by atoms with Gasteiger partial charge in [0.15, 0.2) is 0 Å². The molecule has 0 unspecified atom stereocenters. The molecule has 7 heteroatoms. The average Bonchev–Trinajstić information content (AvgIpc) is 2.88. The number of rotatable bonds is 5. The lowest BCUT2D eigenvalue weighted by molar-refractivity contribution is 0.231. The van der Waals surface area contributed by atoms with Crippen molar-refractivity contribution >= 4 is 5.95 Å². The Morgan fingerprint density at radius 2 is 1.77 bits per heavy atom. The Kier molecular flexibility index (Phi) is 4.53. The van der Waals surface area contributed by atoms with Crippen molar-refractivity contribution in [1.82, 2.24) is 24.8 Å². The van der Waals surface area contributed by atoms with Crippen LogP contribution in [-0.2, 0) is 6.54 Å². The van der Waals surface area contributed by atoms with Gasteiger partial charge in [0.1, 0.15) is 12.0 Å². The van der Waals surface area contributed by atoms with Gasteiger partial charge in [-0.3, -0.25) is 4.90 Å². The van der Waals surface area contributed by atoms with E-state index in [0.29, 0.717) is 32.0 Å². The first-order valence-corrected chi connectivity index (χ1v) is 7.34. The van der Waals surface area contributed by atoms with Gasteiger partial charge in [-0.2, -0.15) is 0 Å². The van der Waals surface area contributed by atoms with Crippen molar-refractivity contribution in [3.63, 3.8) is 0 Å². The first-order chi connectivity index (χ1) is 10.7. The molecule has 1 fully saturated rings. The van der Waals surface area contributed by atoms with E-state index in [-0.39, 0.29) is 6.04 Å². The van der Waals surface area contributed by atoms with Crippen molar-refractivity contribution in [1.29, 1.82) is 0 Å². The lowest BCUT2D eigenvalue weighted by Crippen LogP contribution is -2.39. The molecule has 2 atom stereocenters. The number of hydrogen-bond donors (Lipinski definition) is 0. The fourth-order valence-corrected chi connectivity index (χ4v) is 2.79. The molecule has 0 aliphatic carbocycles. The van der Waals surface area contributed by atoms with Crippen molar-refractivity contribution in [2.24, 2.45) is 0 Å². The number of nitrogens with zero attached hydrogens (tertiary/aromatic N) is 6. The average molecular weight is 302 g/mol. The van der Waals surface area contributed by atoms with Gasteiger partial charge in [-0.25, -0.2) is 24.3 Å². The van der Waals surface area contributed by atoms with Crippen LogP contribution in [0.25, 0.3) is 0 Å². The van der Waals surface area contributed by atoms with Crippen LogP contribution >= 0.6 is 0 Å². The Morgan fingerprint density at radius 1 is 1.14 bits per heavy atom.